The van der Waals surface area contributed by atoms with Crippen LogP contribution in [0.3, 0.4) is 0 Å². The van der Waals surface area contributed by atoms with Gasteiger partial charge in [0, 0.05) is 7.05 Å². The average Bonchev–Trinajstić information content (AvgIpc) is 2.28. The van der Waals surface area contributed by atoms with Crippen molar-refractivity contribution < 1.29 is 8.42 Å². The van der Waals surface area contributed by atoms with Crippen molar-refractivity contribution in [2.45, 2.75) is 32.4 Å². The summed E-state index contributed by atoms with van der Waals surface area (Å²) in [7, 11) is -1.62. The maximum Gasteiger partial charge on any atom is 0.237 e. The molecule has 0 aliphatic rings. The molecule has 0 fully saturated rings. The second kappa shape index (κ2) is 4.87. The van der Waals surface area contributed by atoms with Crippen molar-refractivity contribution in [3.63, 3.8) is 0 Å². The zero-order valence-corrected chi connectivity index (χ0v) is 11.1. The lowest BCUT2D eigenvalue weighted by molar-refractivity contribution is 0.585. The van der Waals surface area contributed by atoms with Crippen molar-refractivity contribution in [2.24, 2.45) is 0 Å². The first-order chi connectivity index (χ1) is 7.39. The van der Waals surface area contributed by atoms with Crippen molar-refractivity contribution in [1.29, 1.82) is 0 Å². The molecule has 1 aromatic rings. The van der Waals surface area contributed by atoms with E-state index < -0.39 is 15.3 Å². The van der Waals surface area contributed by atoms with E-state index in [1.807, 2.05) is 24.3 Å². The van der Waals surface area contributed by atoms with Crippen LogP contribution < -0.4 is 4.31 Å². The molecule has 0 amide bonds. The molecule has 16 heavy (non-hydrogen) atoms. The lowest BCUT2D eigenvalue weighted by Gasteiger charge is -2.21. The Bertz CT molecular complexity index is 435. The summed E-state index contributed by atoms with van der Waals surface area (Å²) in [5, 5.41) is -0.400. The lowest BCUT2D eigenvalue weighted by atomic mass is 10.1. The molecule has 0 heterocycles. The normalized spacial score (nSPS) is 11.8. The molecule has 4 heteroatoms. The highest BCUT2D eigenvalue weighted by molar-refractivity contribution is 7.93. The highest BCUT2D eigenvalue weighted by Gasteiger charge is 2.22. The van der Waals surface area contributed by atoms with Crippen molar-refractivity contribution in [1.82, 2.24) is 0 Å². The van der Waals surface area contributed by atoms with Gasteiger partial charge in [0.15, 0.2) is 0 Å². The Labute approximate surface area is 98.1 Å². The van der Waals surface area contributed by atoms with Crippen LogP contribution in [0.4, 0.5) is 5.69 Å². The molecule has 0 aliphatic heterocycles. The van der Waals surface area contributed by atoms with E-state index in [0.29, 0.717) is 5.69 Å². The summed E-state index contributed by atoms with van der Waals surface area (Å²) in [6, 6.07) is 7.61. The number of rotatable bonds is 4. The minimum absolute atomic E-state index is 0.400. The summed E-state index contributed by atoms with van der Waals surface area (Å²) in [6.45, 7) is 5.45. The van der Waals surface area contributed by atoms with E-state index in [2.05, 4.69) is 6.92 Å². The third kappa shape index (κ3) is 2.55. The Morgan fingerprint density at radius 3 is 2.06 bits per heavy atom. The van der Waals surface area contributed by atoms with Crippen molar-refractivity contribution >= 4 is 15.7 Å². The molecule has 0 bridgehead atoms. The first-order valence-corrected chi connectivity index (χ1v) is 6.96. The van der Waals surface area contributed by atoms with Crippen molar-refractivity contribution in [2.75, 3.05) is 11.4 Å². The molecule has 0 aliphatic carbocycles. The van der Waals surface area contributed by atoms with E-state index in [1.165, 1.54) is 9.87 Å². The Balaban J connectivity index is 3.01. The summed E-state index contributed by atoms with van der Waals surface area (Å²) in [5.74, 6) is 0. The first-order valence-electron chi connectivity index (χ1n) is 5.46. The number of benzene rings is 1. The Morgan fingerprint density at radius 1 is 1.19 bits per heavy atom. The number of hydrogen-bond acceptors (Lipinski definition) is 2. The van der Waals surface area contributed by atoms with Gasteiger partial charge in [0.25, 0.3) is 0 Å². The lowest BCUT2D eigenvalue weighted by Crippen LogP contribution is -2.32. The summed E-state index contributed by atoms with van der Waals surface area (Å²) in [4.78, 5) is 0. The molecule has 0 N–H and O–H groups in total. The van der Waals surface area contributed by atoms with Crippen molar-refractivity contribution in [3.8, 4) is 0 Å². The molecule has 0 atom stereocenters. The predicted molar refractivity (Wildman–Crippen MR) is 68.3 cm³/mol. The van der Waals surface area contributed by atoms with Crippen LogP contribution in [-0.4, -0.2) is 20.7 Å². The third-order valence-corrected chi connectivity index (χ3v) is 4.85. The molecule has 0 saturated heterocycles. The maximum atomic E-state index is 11.9. The van der Waals surface area contributed by atoms with Gasteiger partial charge < -0.3 is 0 Å². The molecule has 0 aromatic heterocycles. The van der Waals surface area contributed by atoms with Crippen LogP contribution in [0, 0.1) is 0 Å². The van der Waals surface area contributed by atoms with Gasteiger partial charge in [-0.3, -0.25) is 4.31 Å². The number of anilines is 1. The van der Waals surface area contributed by atoms with Gasteiger partial charge in [-0.25, -0.2) is 8.42 Å². The Kier molecular flexibility index (Phi) is 3.97. The zero-order chi connectivity index (χ0) is 12.3. The number of sulfonamides is 1. The Hall–Kier alpha value is -1.03. The fraction of sp³-hybridized carbons (Fsp3) is 0.500. The van der Waals surface area contributed by atoms with Gasteiger partial charge in [0.1, 0.15) is 0 Å². The average molecular weight is 241 g/mol. The molecular formula is C12H19NO2S. The quantitative estimate of drug-likeness (QED) is 0.812. The van der Waals surface area contributed by atoms with Gasteiger partial charge in [-0.2, -0.15) is 0 Å². The zero-order valence-electron chi connectivity index (χ0n) is 10.3. The van der Waals surface area contributed by atoms with Crippen LogP contribution in [0.25, 0.3) is 0 Å². The van der Waals surface area contributed by atoms with Gasteiger partial charge in [-0.05, 0) is 38.0 Å². The van der Waals surface area contributed by atoms with E-state index in [-0.39, 0.29) is 0 Å². The van der Waals surface area contributed by atoms with Crippen LogP contribution in [0.2, 0.25) is 0 Å². The van der Waals surface area contributed by atoms with Crippen LogP contribution >= 0.6 is 0 Å². The van der Waals surface area contributed by atoms with Crippen LogP contribution in [-0.2, 0) is 16.4 Å². The van der Waals surface area contributed by atoms with Crippen molar-refractivity contribution in [3.05, 3.63) is 29.8 Å². The van der Waals surface area contributed by atoms with Crippen LogP contribution in [0.1, 0.15) is 26.3 Å². The third-order valence-electron chi connectivity index (χ3n) is 2.69. The monoisotopic (exact) mass is 241 g/mol. The molecule has 0 spiro atoms. The Morgan fingerprint density at radius 2 is 1.69 bits per heavy atom. The molecule has 0 unspecified atom stereocenters. The predicted octanol–water partition coefficient (Wildman–Crippen LogP) is 2.42. The van der Waals surface area contributed by atoms with E-state index >= 15 is 0 Å². The topological polar surface area (TPSA) is 37.4 Å². The maximum absolute atomic E-state index is 11.9. The van der Waals surface area contributed by atoms with E-state index in [0.717, 1.165) is 6.42 Å². The molecule has 0 radical (unpaired) electrons. The van der Waals surface area contributed by atoms with Gasteiger partial charge >= 0.3 is 0 Å². The number of nitrogens with zero attached hydrogens (tertiary/aromatic N) is 1. The highest BCUT2D eigenvalue weighted by atomic mass is 32.2. The summed E-state index contributed by atoms with van der Waals surface area (Å²) in [5.41, 5.74) is 1.92. The molecular weight excluding hydrogens is 222 g/mol. The van der Waals surface area contributed by atoms with E-state index in [1.54, 1.807) is 20.9 Å². The minimum atomic E-state index is -3.22. The summed E-state index contributed by atoms with van der Waals surface area (Å²) < 4.78 is 25.2. The SMILES string of the molecule is CCc1ccc(N(C)S(=O)(=O)C(C)C)cc1. The standard InChI is InChI=1S/C12H19NO2S/c1-5-11-6-8-12(9-7-11)13(4)16(14,15)10(2)3/h6-10H,5H2,1-4H3. The second-order valence-electron chi connectivity index (χ2n) is 4.08. The fourth-order valence-electron chi connectivity index (χ4n) is 1.40. The summed E-state index contributed by atoms with van der Waals surface area (Å²) in [6.07, 6.45) is 0.959. The largest absolute Gasteiger partial charge is 0.273 e. The van der Waals surface area contributed by atoms with Gasteiger partial charge in [0.05, 0.1) is 10.9 Å². The smallest absolute Gasteiger partial charge is 0.237 e. The van der Waals surface area contributed by atoms with E-state index in [9.17, 15) is 8.42 Å². The van der Waals surface area contributed by atoms with Crippen LogP contribution in [0.5, 0.6) is 0 Å². The van der Waals surface area contributed by atoms with Crippen LogP contribution in [0.15, 0.2) is 24.3 Å². The molecule has 1 aromatic carbocycles. The number of aryl methyl sites for hydroxylation is 1. The van der Waals surface area contributed by atoms with Gasteiger partial charge in [0.2, 0.25) is 10.0 Å². The minimum Gasteiger partial charge on any atom is -0.273 e. The van der Waals surface area contributed by atoms with Gasteiger partial charge in [-0.15, -0.1) is 0 Å². The fourth-order valence-corrected chi connectivity index (χ4v) is 2.45. The molecule has 1 rings (SSSR count). The molecule has 90 valence electrons. The molecule has 3 nitrogen and oxygen atoms in total. The summed E-state index contributed by atoms with van der Waals surface area (Å²) >= 11 is 0. The molecule has 0 saturated carbocycles. The second-order valence-corrected chi connectivity index (χ2v) is 6.60. The highest BCUT2D eigenvalue weighted by Crippen LogP contribution is 2.19. The number of hydrogen-bond donors (Lipinski definition) is 0. The first kappa shape index (κ1) is 13.0. The van der Waals surface area contributed by atoms with Gasteiger partial charge in [-0.1, -0.05) is 19.1 Å². The van der Waals surface area contributed by atoms with E-state index in [4.69, 9.17) is 0 Å².